The van der Waals surface area contributed by atoms with Crippen LogP contribution in [0.15, 0.2) is 4.99 Å². The topological polar surface area (TPSA) is 54.2 Å². The smallest absolute Gasteiger partial charge is 0.191 e. The van der Waals surface area contributed by atoms with Gasteiger partial charge in [0.25, 0.3) is 0 Å². The molecule has 120 valence electrons. The van der Waals surface area contributed by atoms with Crippen LogP contribution in [0.1, 0.15) is 37.2 Å². The summed E-state index contributed by atoms with van der Waals surface area (Å²) < 4.78 is 1.95. The van der Waals surface area contributed by atoms with Gasteiger partial charge in [0.05, 0.1) is 5.69 Å². The average Bonchev–Trinajstić information content (AvgIpc) is 3.03. The van der Waals surface area contributed by atoms with Gasteiger partial charge in [0, 0.05) is 31.9 Å². The van der Waals surface area contributed by atoms with Crippen LogP contribution in [-0.2, 0) is 13.5 Å². The third kappa shape index (κ3) is 4.59. The lowest BCUT2D eigenvalue weighted by molar-refractivity contribution is 0.631. The minimum absolute atomic E-state index is 0. The zero-order valence-electron chi connectivity index (χ0n) is 13.9. The third-order valence-corrected chi connectivity index (χ3v) is 4.21. The summed E-state index contributed by atoms with van der Waals surface area (Å²) in [5.41, 5.74) is 3.70. The Morgan fingerprint density at radius 3 is 2.52 bits per heavy atom. The van der Waals surface area contributed by atoms with E-state index in [0.717, 1.165) is 24.0 Å². The Hall–Kier alpha value is -0.790. The summed E-state index contributed by atoms with van der Waals surface area (Å²) in [7, 11) is 3.83. The molecule has 1 aliphatic rings. The molecule has 0 amide bonds. The van der Waals surface area contributed by atoms with Gasteiger partial charge in [-0.25, -0.2) is 0 Å². The molecule has 1 heterocycles. The van der Waals surface area contributed by atoms with Crippen molar-refractivity contribution in [2.24, 2.45) is 18.0 Å². The van der Waals surface area contributed by atoms with E-state index in [0.29, 0.717) is 12.1 Å². The molecule has 0 radical (unpaired) electrons. The second-order valence-corrected chi connectivity index (χ2v) is 6.06. The minimum Gasteiger partial charge on any atom is -0.354 e. The molecular weight excluding hydrogens is 377 g/mol. The fraction of sp³-hybridized carbons (Fsp3) is 0.733. The molecule has 1 fully saturated rings. The highest BCUT2D eigenvalue weighted by atomic mass is 127. The number of guanidine groups is 1. The van der Waals surface area contributed by atoms with Crippen LogP contribution in [0.3, 0.4) is 0 Å². The molecule has 3 atom stereocenters. The van der Waals surface area contributed by atoms with Crippen molar-refractivity contribution in [3.8, 4) is 0 Å². The third-order valence-electron chi connectivity index (χ3n) is 4.21. The number of nitrogens with zero attached hydrogens (tertiary/aromatic N) is 3. The van der Waals surface area contributed by atoms with Gasteiger partial charge in [-0.1, -0.05) is 6.92 Å². The van der Waals surface area contributed by atoms with E-state index >= 15 is 0 Å². The van der Waals surface area contributed by atoms with E-state index in [2.05, 4.69) is 48.4 Å². The Kier molecular flexibility index (Phi) is 6.49. The first-order chi connectivity index (χ1) is 9.42. The summed E-state index contributed by atoms with van der Waals surface area (Å²) in [6.07, 6.45) is 2.21. The maximum absolute atomic E-state index is 4.47. The fourth-order valence-electron chi connectivity index (χ4n) is 2.57. The zero-order valence-corrected chi connectivity index (χ0v) is 16.2. The molecule has 1 saturated carbocycles. The quantitative estimate of drug-likeness (QED) is 0.459. The molecule has 0 aliphatic heterocycles. The Labute approximate surface area is 145 Å². The Bertz CT molecular complexity index is 508. The van der Waals surface area contributed by atoms with Gasteiger partial charge in [-0.3, -0.25) is 9.67 Å². The molecule has 1 aliphatic carbocycles. The van der Waals surface area contributed by atoms with Crippen molar-refractivity contribution in [2.75, 3.05) is 7.05 Å². The molecule has 0 aromatic carbocycles. The van der Waals surface area contributed by atoms with Crippen LogP contribution in [0.4, 0.5) is 0 Å². The molecule has 2 N–H and O–H groups in total. The van der Waals surface area contributed by atoms with Gasteiger partial charge in [-0.15, -0.1) is 24.0 Å². The number of hydrogen-bond acceptors (Lipinski definition) is 2. The summed E-state index contributed by atoms with van der Waals surface area (Å²) in [5, 5.41) is 11.4. The lowest BCUT2D eigenvalue weighted by atomic mass is 10.1. The minimum atomic E-state index is 0. The largest absolute Gasteiger partial charge is 0.354 e. The Balaban J connectivity index is 0.00000220. The molecule has 0 saturated heterocycles. The zero-order chi connectivity index (χ0) is 14.9. The monoisotopic (exact) mass is 405 g/mol. The van der Waals surface area contributed by atoms with Gasteiger partial charge in [0.2, 0.25) is 0 Å². The summed E-state index contributed by atoms with van der Waals surface area (Å²) in [6, 6.07) is 0.923. The summed E-state index contributed by atoms with van der Waals surface area (Å²) >= 11 is 0. The molecule has 0 spiro atoms. The number of aromatic nitrogens is 2. The van der Waals surface area contributed by atoms with E-state index in [1.807, 2.05) is 18.8 Å². The molecule has 21 heavy (non-hydrogen) atoms. The lowest BCUT2D eigenvalue weighted by Gasteiger charge is -2.18. The van der Waals surface area contributed by atoms with Gasteiger partial charge >= 0.3 is 0 Å². The predicted molar refractivity (Wildman–Crippen MR) is 98.5 cm³/mol. The Morgan fingerprint density at radius 1 is 1.48 bits per heavy atom. The van der Waals surface area contributed by atoms with E-state index in [1.54, 1.807) is 0 Å². The molecule has 3 unspecified atom stereocenters. The van der Waals surface area contributed by atoms with Gasteiger partial charge in [-0.05, 0) is 45.1 Å². The van der Waals surface area contributed by atoms with Crippen LogP contribution < -0.4 is 10.6 Å². The normalized spacial score (nSPS) is 22.5. The number of aliphatic imine (C=N–C) groups is 1. The van der Waals surface area contributed by atoms with Crippen molar-refractivity contribution in [1.29, 1.82) is 0 Å². The number of nitrogens with one attached hydrogen (secondary N) is 2. The fourth-order valence-corrected chi connectivity index (χ4v) is 2.57. The molecule has 5 nitrogen and oxygen atoms in total. The highest BCUT2D eigenvalue weighted by molar-refractivity contribution is 14.0. The second kappa shape index (κ2) is 7.47. The van der Waals surface area contributed by atoms with Crippen LogP contribution in [0.5, 0.6) is 0 Å². The molecule has 1 aromatic heterocycles. The van der Waals surface area contributed by atoms with Crippen molar-refractivity contribution < 1.29 is 0 Å². The first-order valence-electron chi connectivity index (χ1n) is 7.41. The molecule has 1 aromatic rings. The number of halogens is 1. The van der Waals surface area contributed by atoms with Gasteiger partial charge in [0.1, 0.15) is 0 Å². The van der Waals surface area contributed by atoms with Crippen molar-refractivity contribution in [1.82, 2.24) is 20.4 Å². The summed E-state index contributed by atoms with van der Waals surface area (Å²) in [4.78, 5) is 4.31. The van der Waals surface area contributed by atoms with Crippen LogP contribution in [0, 0.1) is 19.8 Å². The predicted octanol–water partition coefficient (Wildman–Crippen LogP) is 2.16. The second-order valence-electron chi connectivity index (χ2n) is 6.06. The van der Waals surface area contributed by atoms with E-state index in [-0.39, 0.29) is 24.0 Å². The summed E-state index contributed by atoms with van der Waals surface area (Å²) in [5.74, 6) is 1.68. The van der Waals surface area contributed by atoms with Crippen LogP contribution >= 0.6 is 24.0 Å². The summed E-state index contributed by atoms with van der Waals surface area (Å²) in [6.45, 7) is 8.65. The Morgan fingerprint density at radius 2 is 2.10 bits per heavy atom. The SMILES string of the molecule is CN=C(NC(C)Cc1c(C)nn(C)c1C)NC1CC1C.I. The first-order valence-corrected chi connectivity index (χ1v) is 7.41. The van der Waals surface area contributed by atoms with Gasteiger partial charge in [0.15, 0.2) is 5.96 Å². The highest BCUT2D eigenvalue weighted by Gasteiger charge is 2.33. The molecule has 6 heteroatoms. The van der Waals surface area contributed by atoms with Crippen molar-refractivity contribution in [2.45, 2.75) is 52.6 Å². The van der Waals surface area contributed by atoms with E-state index < -0.39 is 0 Å². The van der Waals surface area contributed by atoms with Crippen molar-refractivity contribution in [3.05, 3.63) is 17.0 Å². The number of rotatable bonds is 4. The molecule has 0 bridgehead atoms. The van der Waals surface area contributed by atoms with Crippen molar-refractivity contribution >= 4 is 29.9 Å². The van der Waals surface area contributed by atoms with Gasteiger partial charge in [-0.2, -0.15) is 5.10 Å². The van der Waals surface area contributed by atoms with Crippen molar-refractivity contribution in [3.63, 3.8) is 0 Å². The number of hydrogen-bond donors (Lipinski definition) is 2. The molecule has 2 rings (SSSR count). The van der Waals surface area contributed by atoms with Gasteiger partial charge < -0.3 is 10.6 Å². The number of aryl methyl sites for hydroxylation is 2. The van der Waals surface area contributed by atoms with E-state index in [1.165, 1.54) is 17.7 Å². The maximum atomic E-state index is 4.47. The lowest BCUT2D eigenvalue weighted by Crippen LogP contribution is -2.44. The first kappa shape index (κ1) is 18.3. The van der Waals surface area contributed by atoms with E-state index in [4.69, 9.17) is 0 Å². The molecular formula is C15H28IN5. The maximum Gasteiger partial charge on any atom is 0.191 e. The van der Waals surface area contributed by atoms with E-state index in [9.17, 15) is 0 Å². The van der Waals surface area contributed by atoms with Crippen LogP contribution in [0.2, 0.25) is 0 Å². The van der Waals surface area contributed by atoms with Crippen LogP contribution in [0.25, 0.3) is 0 Å². The van der Waals surface area contributed by atoms with Crippen LogP contribution in [-0.4, -0.2) is 34.9 Å². The highest BCUT2D eigenvalue weighted by Crippen LogP contribution is 2.28. The average molecular weight is 405 g/mol. The standard InChI is InChI=1S/C15H27N5.HI/c1-9-7-14(9)18-15(16-5)17-10(2)8-13-11(3)19-20(6)12(13)4;/h9-10,14H,7-8H2,1-6H3,(H2,16,17,18);1H.